The maximum Gasteiger partial charge on any atom is 0.306 e. The maximum absolute atomic E-state index is 12.1. The summed E-state index contributed by atoms with van der Waals surface area (Å²) in [7, 11) is 0. The van der Waals surface area contributed by atoms with Gasteiger partial charge in [0.15, 0.2) is 5.76 Å². The Morgan fingerprint density at radius 2 is 1.59 bits per heavy atom. The van der Waals surface area contributed by atoms with Crippen LogP contribution in [0.2, 0.25) is 0 Å². The molecule has 0 radical (unpaired) electrons. The van der Waals surface area contributed by atoms with Crippen molar-refractivity contribution in [2.45, 2.75) is 25.8 Å². The Morgan fingerprint density at radius 3 is 2.14 bits per heavy atom. The largest absolute Gasteiger partial charge is 0.503 e. The van der Waals surface area contributed by atoms with E-state index in [2.05, 4.69) is 5.32 Å². The molecule has 0 fully saturated rings. The van der Waals surface area contributed by atoms with Gasteiger partial charge in [-0.1, -0.05) is 61.5 Å². The number of carboxylic acids is 1. The minimum absolute atomic E-state index is 0.158. The van der Waals surface area contributed by atoms with Crippen LogP contribution in [0.15, 0.2) is 66.4 Å². The van der Waals surface area contributed by atoms with Gasteiger partial charge in [0.05, 0.1) is 12.0 Å². The summed E-state index contributed by atoms with van der Waals surface area (Å²) in [4.78, 5) is 34.1. The van der Waals surface area contributed by atoms with Gasteiger partial charge in [-0.2, -0.15) is 0 Å². The Hall–Kier alpha value is -3.61. The first-order valence-electron chi connectivity index (χ1n) is 9.14. The molecule has 0 bridgehead atoms. The number of benzene rings is 2. The summed E-state index contributed by atoms with van der Waals surface area (Å²) in [5, 5.41) is 21.4. The van der Waals surface area contributed by atoms with Crippen LogP contribution in [0.25, 0.3) is 11.1 Å². The molecule has 2 aromatic rings. The van der Waals surface area contributed by atoms with Gasteiger partial charge in [-0.15, -0.1) is 0 Å². The van der Waals surface area contributed by atoms with Crippen LogP contribution in [0.4, 0.5) is 0 Å². The lowest BCUT2D eigenvalue weighted by Gasteiger charge is -2.21. The molecule has 29 heavy (non-hydrogen) atoms. The van der Waals surface area contributed by atoms with Gasteiger partial charge >= 0.3 is 5.97 Å². The lowest BCUT2D eigenvalue weighted by molar-refractivity contribution is -0.141. The number of carbonyl (C=O) groups excluding carboxylic acids is 2. The van der Waals surface area contributed by atoms with Crippen molar-refractivity contribution >= 4 is 17.8 Å². The number of nitrogens with one attached hydrogen (secondary N) is 1. The van der Waals surface area contributed by atoms with Gasteiger partial charge in [-0.3, -0.25) is 14.4 Å². The van der Waals surface area contributed by atoms with E-state index < -0.39 is 35.5 Å². The molecule has 7 heteroatoms. The van der Waals surface area contributed by atoms with E-state index in [1.807, 2.05) is 54.6 Å². The van der Waals surface area contributed by atoms with Crippen molar-refractivity contribution in [3.8, 4) is 11.1 Å². The standard InChI is InChI=1S/C22H24N2O5/c1-14(22(28)29)11-18(24-21(27)19(25)13-20(23)26)12-15-7-9-17(10-8-15)16-5-3-2-4-6-16/h2-10,13-14,18,25H,11-12H2,1H3,(H2,23,26)(H,24,27)(H,28,29)/b19-13-/t14-,18?/m1/s1. The number of carbonyl (C=O) groups is 3. The molecule has 5 N–H and O–H groups in total. The Kier molecular flexibility index (Phi) is 7.54. The number of primary amides is 1. The summed E-state index contributed by atoms with van der Waals surface area (Å²) < 4.78 is 0. The van der Waals surface area contributed by atoms with Crippen LogP contribution in [0.5, 0.6) is 0 Å². The number of aliphatic hydroxyl groups excluding tert-OH is 1. The zero-order valence-corrected chi connectivity index (χ0v) is 16.0. The average Bonchev–Trinajstić information content (AvgIpc) is 2.68. The van der Waals surface area contributed by atoms with Gasteiger partial charge < -0.3 is 21.3 Å². The fourth-order valence-corrected chi connectivity index (χ4v) is 2.93. The van der Waals surface area contributed by atoms with E-state index in [0.717, 1.165) is 16.7 Å². The minimum Gasteiger partial charge on any atom is -0.503 e. The number of carboxylic acid groups (broad SMARTS) is 1. The normalized spacial score (nSPS) is 13.3. The molecule has 0 spiro atoms. The molecule has 0 aliphatic heterocycles. The first-order chi connectivity index (χ1) is 13.8. The first kappa shape index (κ1) is 21.7. The van der Waals surface area contributed by atoms with Crippen molar-refractivity contribution in [2.24, 2.45) is 11.7 Å². The second-order valence-electron chi connectivity index (χ2n) is 6.84. The van der Waals surface area contributed by atoms with Crippen LogP contribution in [0.3, 0.4) is 0 Å². The molecule has 0 heterocycles. The van der Waals surface area contributed by atoms with Crippen LogP contribution in [-0.2, 0) is 20.8 Å². The predicted octanol–water partition coefficient (Wildman–Crippen LogP) is 2.42. The third-order valence-electron chi connectivity index (χ3n) is 4.45. The number of hydrogen-bond donors (Lipinski definition) is 4. The summed E-state index contributed by atoms with van der Waals surface area (Å²) >= 11 is 0. The molecule has 0 saturated carbocycles. The Labute approximate surface area is 168 Å². The number of rotatable bonds is 9. The van der Waals surface area contributed by atoms with Crippen molar-refractivity contribution < 1.29 is 24.6 Å². The second kappa shape index (κ2) is 10.1. The lowest BCUT2D eigenvalue weighted by Crippen LogP contribution is -2.39. The molecule has 2 rings (SSSR count). The summed E-state index contributed by atoms with van der Waals surface area (Å²) in [6.07, 6.45) is 1.13. The third-order valence-corrected chi connectivity index (χ3v) is 4.45. The summed E-state index contributed by atoms with van der Waals surface area (Å²) in [6.45, 7) is 1.54. The minimum atomic E-state index is -0.986. The third kappa shape index (κ3) is 6.80. The van der Waals surface area contributed by atoms with Gasteiger partial charge in [0.25, 0.3) is 5.91 Å². The van der Waals surface area contributed by atoms with Gasteiger partial charge in [0.1, 0.15) is 0 Å². The molecule has 0 saturated heterocycles. The number of aliphatic carboxylic acids is 1. The topological polar surface area (TPSA) is 130 Å². The SMILES string of the molecule is C[C@H](CC(Cc1ccc(-c2ccccc2)cc1)NC(=O)/C(O)=C/C(N)=O)C(=O)O. The van der Waals surface area contributed by atoms with E-state index >= 15 is 0 Å². The average molecular weight is 396 g/mol. The molecule has 2 atom stereocenters. The van der Waals surface area contributed by atoms with Crippen molar-refractivity contribution in [3.05, 3.63) is 72.0 Å². The molecule has 0 aliphatic carbocycles. The zero-order valence-electron chi connectivity index (χ0n) is 16.0. The lowest BCUT2D eigenvalue weighted by atomic mass is 9.95. The molecule has 152 valence electrons. The number of amides is 2. The van der Waals surface area contributed by atoms with Gasteiger partial charge in [-0.25, -0.2) is 0 Å². The van der Waals surface area contributed by atoms with Gasteiger partial charge in [0.2, 0.25) is 5.91 Å². The number of aliphatic hydroxyl groups is 1. The van der Waals surface area contributed by atoms with E-state index in [0.29, 0.717) is 12.5 Å². The van der Waals surface area contributed by atoms with E-state index in [1.54, 1.807) is 6.92 Å². The molecular weight excluding hydrogens is 372 g/mol. The van der Waals surface area contributed by atoms with Gasteiger partial charge in [0, 0.05) is 6.04 Å². The predicted molar refractivity (Wildman–Crippen MR) is 109 cm³/mol. The van der Waals surface area contributed by atoms with Crippen LogP contribution in [0, 0.1) is 5.92 Å². The highest BCUT2D eigenvalue weighted by molar-refractivity contribution is 5.98. The van der Waals surface area contributed by atoms with E-state index in [-0.39, 0.29) is 6.42 Å². The van der Waals surface area contributed by atoms with Crippen LogP contribution >= 0.6 is 0 Å². The molecule has 2 aromatic carbocycles. The zero-order chi connectivity index (χ0) is 21.4. The highest BCUT2D eigenvalue weighted by atomic mass is 16.4. The van der Waals surface area contributed by atoms with Crippen molar-refractivity contribution in [1.82, 2.24) is 5.32 Å². The fraction of sp³-hybridized carbons (Fsp3) is 0.227. The molecule has 7 nitrogen and oxygen atoms in total. The monoisotopic (exact) mass is 396 g/mol. The van der Waals surface area contributed by atoms with E-state index in [1.165, 1.54) is 0 Å². The second-order valence-corrected chi connectivity index (χ2v) is 6.84. The Morgan fingerprint density at radius 1 is 1.00 bits per heavy atom. The fourth-order valence-electron chi connectivity index (χ4n) is 2.93. The van der Waals surface area contributed by atoms with Crippen molar-refractivity contribution in [3.63, 3.8) is 0 Å². The molecule has 0 aromatic heterocycles. The highest BCUT2D eigenvalue weighted by Gasteiger charge is 2.22. The van der Waals surface area contributed by atoms with E-state index in [4.69, 9.17) is 5.73 Å². The highest BCUT2D eigenvalue weighted by Crippen LogP contribution is 2.20. The number of hydrogen-bond acceptors (Lipinski definition) is 4. The molecule has 2 amide bonds. The first-order valence-corrected chi connectivity index (χ1v) is 9.14. The Bertz CT molecular complexity index is 891. The molecule has 0 aliphatic rings. The Balaban J connectivity index is 2.15. The summed E-state index contributed by atoms with van der Waals surface area (Å²) in [5.74, 6) is -4.34. The maximum atomic E-state index is 12.1. The molecular formula is C22H24N2O5. The van der Waals surface area contributed by atoms with Gasteiger partial charge in [-0.05, 0) is 29.5 Å². The van der Waals surface area contributed by atoms with Crippen LogP contribution in [-0.4, -0.2) is 34.0 Å². The van der Waals surface area contributed by atoms with Crippen molar-refractivity contribution in [1.29, 1.82) is 0 Å². The number of nitrogens with two attached hydrogens (primary N) is 1. The van der Waals surface area contributed by atoms with Crippen LogP contribution in [0.1, 0.15) is 18.9 Å². The summed E-state index contributed by atoms with van der Waals surface area (Å²) in [5.41, 5.74) is 7.94. The van der Waals surface area contributed by atoms with E-state index in [9.17, 15) is 24.6 Å². The smallest absolute Gasteiger partial charge is 0.306 e. The summed E-state index contributed by atoms with van der Waals surface area (Å²) in [6, 6.07) is 17.0. The van der Waals surface area contributed by atoms with Crippen LogP contribution < -0.4 is 11.1 Å². The van der Waals surface area contributed by atoms with Crippen molar-refractivity contribution in [2.75, 3.05) is 0 Å². The molecule has 1 unspecified atom stereocenters. The quantitative estimate of drug-likeness (QED) is 0.382.